The Morgan fingerprint density at radius 1 is 0.667 bits per heavy atom. The Balaban J connectivity index is -0.00000102. The minimum atomic E-state index is -2.00. The van der Waals surface area contributed by atoms with Gasteiger partial charge in [-0.15, -0.1) is 0 Å². The van der Waals surface area contributed by atoms with Crippen LogP contribution in [0.25, 0.3) is 0 Å². The van der Waals surface area contributed by atoms with Crippen molar-refractivity contribution in [1.29, 1.82) is 0 Å². The van der Waals surface area contributed by atoms with Crippen LogP contribution in [0.1, 0.15) is 110 Å². The van der Waals surface area contributed by atoms with Crippen LogP contribution in [0, 0.1) is 0 Å². The van der Waals surface area contributed by atoms with E-state index in [1.165, 1.54) is 83.5 Å². The van der Waals surface area contributed by atoms with Crippen molar-refractivity contribution in [3.63, 3.8) is 0 Å². The van der Waals surface area contributed by atoms with Gasteiger partial charge in [0.05, 0.1) is 0 Å². The van der Waals surface area contributed by atoms with E-state index < -0.39 is 25.1 Å². The van der Waals surface area contributed by atoms with Gasteiger partial charge in [0.2, 0.25) is 0 Å². The van der Waals surface area contributed by atoms with Crippen LogP contribution in [0.2, 0.25) is 0 Å². The molecule has 4 nitrogen and oxygen atoms in total. The first-order chi connectivity index (χ1) is 11.2. The Hall–Kier alpha value is 0.499. The van der Waals surface area contributed by atoms with E-state index in [-0.39, 0.29) is 21.7 Å². The molecule has 0 heterocycles. The van der Waals surface area contributed by atoms with Gasteiger partial charge in [-0.05, 0) is 6.42 Å². The molecule has 0 saturated heterocycles. The van der Waals surface area contributed by atoms with Gasteiger partial charge in [-0.1, -0.05) is 96.8 Å². The second-order valence-electron chi connectivity index (χ2n) is 6.18. The molecule has 0 amide bonds. The van der Waals surface area contributed by atoms with Gasteiger partial charge in [-0.2, -0.15) is 0 Å². The molecule has 6 heteroatoms. The van der Waals surface area contributed by atoms with Gasteiger partial charge in [0.15, 0.2) is 0 Å². The quantitative estimate of drug-likeness (QED) is 0.246. The average molecular weight is 412 g/mol. The molecule has 0 rings (SSSR count). The molecule has 0 aromatic rings. The maximum atomic E-state index is 10.3. The fourth-order valence-corrected chi connectivity index (χ4v) is 2.65. The van der Waals surface area contributed by atoms with Gasteiger partial charge >= 0.3 is 31.7 Å². The molecule has 0 aromatic carbocycles. The molecule has 0 atom stereocenters. The predicted molar refractivity (Wildman–Crippen MR) is 88.6 cm³/mol. The van der Waals surface area contributed by atoms with Crippen molar-refractivity contribution >= 4 is 5.97 Å². The van der Waals surface area contributed by atoms with E-state index in [1.54, 1.807) is 0 Å². The first-order valence-corrected chi connectivity index (χ1v) is 10.7. The second kappa shape index (κ2) is 28.3. The molecule has 24 heavy (non-hydrogen) atoms. The van der Waals surface area contributed by atoms with Crippen LogP contribution in [0.5, 0.6) is 0 Å². The second-order valence-corrected chi connectivity index (χ2v) is 6.44. The summed E-state index contributed by atoms with van der Waals surface area (Å²) in [5.74, 6) is -0.653. The van der Waals surface area contributed by atoms with Gasteiger partial charge in [-0.25, -0.2) is 0 Å². The molecule has 0 unspecified atom stereocenters. The molecule has 1 N–H and O–H groups in total. The molecule has 140 valence electrons. The molecule has 0 aromatic heterocycles. The SMILES string of the molecule is CCCCCCCCCCCCCCCCCC(=O)O.[O]=[Ti]=[O].[Ti]. The molecule has 0 fully saturated rings. The van der Waals surface area contributed by atoms with Crippen LogP contribution in [-0.4, -0.2) is 11.1 Å². The van der Waals surface area contributed by atoms with Gasteiger partial charge in [0.25, 0.3) is 0 Å². The first-order valence-electron chi connectivity index (χ1n) is 9.40. The van der Waals surface area contributed by atoms with Crippen LogP contribution in [0.4, 0.5) is 0 Å². The standard InChI is InChI=1S/C18H36O2.2O.2Ti/c1-2-3-4-5-6-7-8-9-10-11-12-13-14-15-16-17-18(19)20;;;;/h2-17H2,1H3,(H,19,20);;;;. The number of hydrogen-bond donors (Lipinski definition) is 1. The Labute approximate surface area is 172 Å². The van der Waals surface area contributed by atoms with E-state index in [1.807, 2.05) is 0 Å². The number of rotatable bonds is 16. The molecule has 0 bridgehead atoms. The zero-order valence-corrected chi connectivity index (χ0v) is 18.6. The van der Waals surface area contributed by atoms with Crippen LogP contribution in [0.3, 0.4) is 0 Å². The van der Waals surface area contributed by atoms with E-state index >= 15 is 0 Å². The van der Waals surface area contributed by atoms with E-state index in [9.17, 15) is 4.79 Å². The van der Waals surface area contributed by atoms with Gasteiger partial charge < -0.3 is 5.11 Å². The molecule has 0 spiro atoms. The zero-order valence-electron chi connectivity index (χ0n) is 15.5. The largest absolute Gasteiger partial charge is 0 e. The van der Waals surface area contributed by atoms with Crippen molar-refractivity contribution in [2.75, 3.05) is 0 Å². The zero-order chi connectivity index (χ0) is 17.6. The fourth-order valence-electron chi connectivity index (χ4n) is 2.65. The number of carboxylic acids is 1. The summed E-state index contributed by atoms with van der Waals surface area (Å²) in [6.45, 7) is 2.27. The molecule has 0 aliphatic heterocycles. The number of aliphatic carboxylic acids is 1. The van der Waals surface area contributed by atoms with Crippen LogP contribution < -0.4 is 0 Å². The summed E-state index contributed by atoms with van der Waals surface area (Å²) in [5, 5.41) is 8.52. The number of hydrogen-bond acceptors (Lipinski definition) is 3. The summed E-state index contributed by atoms with van der Waals surface area (Å²) in [7, 11) is 0. The van der Waals surface area contributed by atoms with Crippen molar-refractivity contribution in [3.05, 3.63) is 0 Å². The number of carbonyl (C=O) groups is 1. The summed E-state index contributed by atoms with van der Waals surface area (Å²) >= 11 is -2.00. The minimum Gasteiger partial charge on any atom is 0 e. The van der Waals surface area contributed by atoms with E-state index in [0.717, 1.165) is 12.8 Å². The van der Waals surface area contributed by atoms with Crippen molar-refractivity contribution in [1.82, 2.24) is 0 Å². The predicted octanol–water partition coefficient (Wildman–Crippen LogP) is 6.09. The first kappa shape index (κ1) is 29.3. The normalized spacial score (nSPS) is 9.38. The van der Waals surface area contributed by atoms with Crippen LogP contribution in [-0.2, 0) is 52.3 Å². The number of carboxylic acid groups (broad SMARTS) is 1. The molecule has 0 saturated carbocycles. The van der Waals surface area contributed by atoms with Crippen molar-refractivity contribution in [2.24, 2.45) is 0 Å². The average Bonchev–Trinajstić information content (AvgIpc) is 2.51. The van der Waals surface area contributed by atoms with Gasteiger partial charge in [-0.3, -0.25) is 4.79 Å². The Kier molecular flexibility index (Phi) is 34.5. The maximum Gasteiger partial charge on any atom is 0 e. The van der Waals surface area contributed by atoms with E-state index in [4.69, 9.17) is 11.8 Å². The third-order valence-corrected chi connectivity index (χ3v) is 3.99. The molecule has 0 aliphatic carbocycles. The van der Waals surface area contributed by atoms with Crippen molar-refractivity contribution in [3.8, 4) is 0 Å². The summed E-state index contributed by atoms with van der Waals surface area (Å²) in [5.41, 5.74) is 0. The topological polar surface area (TPSA) is 71.4 Å². The Morgan fingerprint density at radius 2 is 0.917 bits per heavy atom. The summed E-state index contributed by atoms with van der Waals surface area (Å²) < 4.78 is 17.0. The number of unbranched alkanes of at least 4 members (excludes halogenated alkanes) is 14. The van der Waals surface area contributed by atoms with Crippen molar-refractivity contribution in [2.45, 2.75) is 110 Å². The van der Waals surface area contributed by atoms with Crippen molar-refractivity contribution < 1.29 is 57.4 Å². The third kappa shape index (κ3) is 34.0. The summed E-state index contributed by atoms with van der Waals surface area (Å²) in [4.78, 5) is 10.3. The minimum absolute atomic E-state index is 0. The van der Waals surface area contributed by atoms with E-state index in [2.05, 4.69) is 6.92 Å². The molecule has 0 aliphatic rings. The monoisotopic (exact) mass is 412 g/mol. The molecular formula is C18H36O4Ti2. The van der Waals surface area contributed by atoms with Gasteiger partial charge in [0, 0.05) is 28.1 Å². The fraction of sp³-hybridized carbons (Fsp3) is 0.944. The van der Waals surface area contributed by atoms with Crippen LogP contribution in [0.15, 0.2) is 0 Å². The summed E-state index contributed by atoms with van der Waals surface area (Å²) in [6.07, 6.45) is 20.2. The van der Waals surface area contributed by atoms with Crippen LogP contribution >= 0.6 is 0 Å². The van der Waals surface area contributed by atoms with Gasteiger partial charge in [0.1, 0.15) is 0 Å². The summed E-state index contributed by atoms with van der Waals surface area (Å²) in [6, 6.07) is 0. The Morgan fingerprint density at radius 3 is 1.17 bits per heavy atom. The maximum absolute atomic E-state index is 10.3. The molecule has 0 radical (unpaired) electrons. The smallest absolute Gasteiger partial charge is 0 e. The third-order valence-electron chi connectivity index (χ3n) is 3.99. The molecular weight excluding hydrogens is 376 g/mol. The Bertz CT molecular complexity index is 280. The van der Waals surface area contributed by atoms with E-state index in [0.29, 0.717) is 6.42 Å².